The van der Waals surface area contributed by atoms with Crippen LogP contribution in [0.1, 0.15) is 11.1 Å². The zero-order valence-electron chi connectivity index (χ0n) is 18.2. The lowest BCUT2D eigenvalue weighted by Crippen LogP contribution is -2.31. The fourth-order valence-electron chi connectivity index (χ4n) is 3.11. The second kappa shape index (κ2) is 13.5. The molecule has 0 saturated carbocycles. The standard InChI is InChI=1S/C26H32N2O4/c29-23(17-27-15-21-8-3-1-4-9-21)19-31-25-12-7-13-26(14-25)32-20-24(30)18-28-16-22-10-5-2-6-11-22/h1-14,23-24,27-30H,15-20H2/t23-,24+. The number of nitrogens with one attached hydrogen (secondary N) is 2. The number of rotatable bonds is 14. The van der Waals surface area contributed by atoms with Gasteiger partial charge in [-0.3, -0.25) is 0 Å². The molecule has 0 fully saturated rings. The van der Waals surface area contributed by atoms with Gasteiger partial charge in [0.25, 0.3) is 0 Å². The van der Waals surface area contributed by atoms with Gasteiger partial charge in [0.05, 0.1) is 0 Å². The highest BCUT2D eigenvalue weighted by molar-refractivity contribution is 5.33. The molecule has 3 aromatic rings. The first-order valence-corrected chi connectivity index (χ1v) is 10.9. The van der Waals surface area contributed by atoms with Crippen molar-refractivity contribution in [1.29, 1.82) is 0 Å². The van der Waals surface area contributed by atoms with Crippen molar-refractivity contribution >= 4 is 0 Å². The van der Waals surface area contributed by atoms with Crippen molar-refractivity contribution in [1.82, 2.24) is 10.6 Å². The quantitative estimate of drug-likeness (QED) is 0.311. The Morgan fingerprint density at radius 2 is 1.03 bits per heavy atom. The lowest BCUT2D eigenvalue weighted by Gasteiger charge is -2.15. The molecule has 0 heterocycles. The van der Waals surface area contributed by atoms with Crippen LogP contribution in [-0.4, -0.2) is 48.7 Å². The zero-order chi connectivity index (χ0) is 22.4. The van der Waals surface area contributed by atoms with Crippen LogP contribution in [0.5, 0.6) is 11.5 Å². The van der Waals surface area contributed by atoms with Crippen molar-refractivity contribution in [2.45, 2.75) is 25.3 Å². The third kappa shape index (κ3) is 9.08. The number of hydrogen-bond acceptors (Lipinski definition) is 6. The van der Waals surface area contributed by atoms with Gasteiger partial charge in [0.1, 0.15) is 36.9 Å². The van der Waals surface area contributed by atoms with Crippen molar-refractivity contribution in [3.05, 3.63) is 96.1 Å². The minimum absolute atomic E-state index is 0.178. The molecule has 0 spiro atoms. The summed E-state index contributed by atoms with van der Waals surface area (Å²) in [4.78, 5) is 0. The van der Waals surface area contributed by atoms with E-state index >= 15 is 0 Å². The molecular weight excluding hydrogens is 404 g/mol. The number of hydrogen-bond donors (Lipinski definition) is 4. The topological polar surface area (TPSA) is 83.0 Å². The molecule has 2 atom stereocenters. The van der Waals surface area contributed by atoms with Crippen molar-refractivity contribution in [3.63, 3.8) is 0 Å². The maximum atomic E-state index is 10.1. The number of ether oxygens (including phenoxy) is 2. The predicted molar refractivity (Wildman–Crippen MR) is 126 cm³/mol. The summed E-state index contributed by atoms with van der Waals surface area (Å²) in [6, 6.07) is 27.3. The van der Waals surface area contributed by atoms with E-state index in [0.717, 1.165) is 0 Å². The van der Waals surface area contributed by atoms with Crippen LogP contribution in [0.4, 0.5) is 0 Å². The van der Waals surface area contributed by atoms with E-state index < -0.39 is 12.2 Å². The van der Waals surface area contributed by atoms with E-state index in [0.29, 0.717) is 37.7 Å². The summed E-state index contributed by atoms with van der Waals surface area (Å²) < 4.78 is 11.4. The molecule has 0 amide bonds. The third-order valence-corrected chi connectivity index (χ3v) is 4.79. The summed E-state index contributed by atoms with van der Waals surface area (Å²) in [7, 11) is 0. The highest BCUT2D eigenvalue weighted by Crippen LogP contribution is 2.19. The van der Waals surface area contributed by atoms with Gasteiger partial charge in [-0.25, -0.2) is 0 Å². The molecule has 0 unspecified atom stereocenters. The van der Waals surface area contributed by atoms with Crippen molar-refractivity contribution in [3.8, 4) is 11.5 Å². The summed E-state index contributed by atoms with van der Waals surface area (Å²) in [6.45, 7) is 2.63. The minimum atomic E-state index is -0.624. The van der Waals surface area contributed by atoms with E-state index in [9.17, 15) is 10.2 Å². The molecule has 0 radical (unpaired) electrons. The number of benzene rings is 3. The number of aliphatic hydroxyl groups is 2. The Morgan fingerprint density at radius 3 is 1.47 bits per heavy atom. The average molecular weight is 437 g/mol. The highest BCUT2D eigenvalue weighted by atomic mass is 16.5. The first-order valence-electron chi connectivity index (χ1n) is 10.9. The Kier molecular flexibility index (Phi) is 10.0. The van der Waals surface area contributed by atoms with Gasteiger partial charge in [0, 0.05) is 32.2 Å². The smallest absolute Gasteiger partial charge is 0.123 e. The molecule has 0 aliphatic rings. The molecule has 6 heteroatoms. The monoisotopic (exact) mass is 436 g/mol. The Hall–Kier alpha value is -2.90. The van der Waals surface area contributed by atoms with Gasteiger partial charge < -0.3 is 30.3 Å². The van der Waals surface area contributed by atoms with E-state index in [1.54, 1.807) is 6.07 Å². The van der Waals surface area contributed by atoms with Crippen LogP contribution in [0.15, 0.2) is 84.9 Å². The van der Waals surface area contributed by atoms with Gasteiger partial charge in [-0.1, -0.05) is 66.7 Å². The van der Waals surface area contributed by atoms with Gasteiger partial charge in [-0.15, -0.1) is 0 Å². The molecule has 32 heavy (non-hydrogen) atoms. The summed E-state index contributed by atoms with van der Waals surface area (Å²) in [5.74, 6) is 1.22. The molecular formula is C26H32N2O4. The summed E-state index contributed by atoms with van der Waals surface area (Å²) >= 11 is 0. The van der Waals surface area contributed by atoms with Crippen molar-refractivity contribution < 1.29 is 19.7 Å². The van der Waals surface area contributed by atoms with Crippen LogP contribution in [-0.2, 0) is 13.1 Å². The van der Waals surface area contributed by atoms with Gasteiger partial charge >= 0.3 is 0 Å². The van der Waals surface area contributed by atoms with Crippen LogP contribution < -0.4 is 20.1 Å². The summed E-state index contributed by atoms with van der Waals surface area (Å²) in [5.41, 5.74) is 2.34. The largest absolute Gasteiger partial charge is 0.491 e. The van der Waals surface area contributed by atoms with E-state index in [4.69, 9.17) is 9.47 Å². The fraction of sp³-hybridized carbons (Fsp3) is 0.308. The molecule has 6 nitrogen and oxygen atoms in total. The predicted octanol–water partition coefficient (Wildman–Crippen LogP) is 2.75. The fourth-order valence-corrected chi connectivity index (χ4v) is 3.11. The summed E-state index contributed by atoms with van der Waals surface area (Å²) in [5, 5.41) is 26.7. The first-order chi connectivity index (χ1) is 15.7. The zero-order valence-corrected chi connectivity index (χ0v) is 18.2. The van der Waals surface area contributed by atoms with E-state index in [-0.39, 0.29) is 13.2 Å². The Labute approximate surface area is 189 Å². The lowest BCUT2D eigenvalue weighted by molar-refractivity contribution is 0.102. The second-order valence-corrected chi connectivity index (χ2v) is 7.64. The first kappa shape index (κ1) is 23.8. The van der Waals surface area contributed by atoms with Crippen LogP contribution >= 0.6 is 0 Å². The van der Waals surface area contributed by atoms with Crippen molar-refractivity contribution in [2.75, 3.05) is 26.3 Å². The van der Waals surface area contributed by atoms with Gasteiger partial charge in [-0.2, -0.15) is 0 Å². The van der Waals surface area contributed by atoms with E-state index in [1.165, 1.54) is 11.1 Å². The van der Waals surface area contributed by atoms with Crippen LogP contribution in [0.2, 0.25) is 0 Å². The molecule has 0 bridgehead atoms. The molecule has 170 valence electrons. The Morgan fingerprint density at radius 1 is 0.594 bits per heavy atom. The molecule has 3 rings (SSSR count). The van der Waals surface area contributed by atoms with Crippen LogP contribution in [0.25, 0.3) is 0 Å². The molecule has 0 aliphatic heterocycles. The average Bonchev–Trinajstić information content (AvgIpc) is 2.83. The van der Waals surface area contributed by atoms with E-state index in [2.05, 4.69) is 10.6 Å². The maximum absolute atomic E-state index is 10.1. The highest BCUT2D eigenvalue weighted by Gasteiger charge is 2.08. The molecule has 0 aliphatic carbocycles. The second-order valence-electron chi connectivity index (χ2n) is 7.64. The third-order valence-electron chi connectivity index (χ3n) is 4.79. The van der Waals surface area contributed by atoms with Crippen LogP contribution in [0, 0.1) is 0 Å². The van der Waals surface area contributed by atoms with Crippen molar-refractivity contribution in [2.24, 2.45) is 0 Å². The van der Waals surface area contributed by atoms with E-state index in [1.807, 2.05) is 78.9 Å². The molecule has 0 aromatic heterocycles. The van der Waals surface area contributed by atoms with Crippen LogP contribution in [0.3, 0.4) is 0 Å². The lowest BCUT2D eigenvalue weighted by atomic mass is 10.2. The molecule has 4 N–H and O–H groups in total. The van der Waals surface area contributed by atoms with Gasteiger partial charge in [-0.05, 0) is 23.3 Å². The summed E-state index contributed by atoms with van der Waals surface area (Å²) in [6.07, 6.45) is -1.25. The normalized spacial score (nSPS) is 12.8. The number of aliphatic hydroxyl groups excluding tert-OH is 2. The molecule has 0 saturated heterocycles. The van der Waals surface area contributed by atoms with Gasteiger partial charge in [0.2, 0.25) is 0 Å². The minimum Gasteiger partial charge on any atom is -0.491 e. The Bertz CT molecular complexity index is 822. The Balaban J connectivity index is 1.31. The SMILES string of the molecule is O[C@H](CNCc1ccccc1)COc1cccc(OC[C@@H](O)CNCc2ccccc2)c1. The van der Waals surface area contributed by atoms with Gasteiger partial charge in [0.15, 0.2) is 0 Å². The maximum Gasteiger partial charge on any atom is 0.123 e. The molecule has 3 aromatic carbocycles.